The van der Waals surface area contributed by atoms with E-state index in [1.54, 1.807) is 18.3 Å². The van der Waals surface area contributed by atoms with Gasteiger partial charge in [0.2, 0.25) is 10.0 Å². The maximum absolute atomic E-state index is 11.2. The van der Waals surface area contributed by atoms with E-state index in [9.17, 15) is 8.42 Å². The van der Waals surface area contributed by atoms with Crippen molar-refractivity contribution in [2.75, 3.05) is 5.75 Å². The highest BCUT2D eigenvalue weighted by molar-refractivity contribution is 7.89. The fraction of sp³-hybridized carbons (Fsp3) is 0.333. The number of aromatic nitrogens is 1. The maximum atomic E-state index is 11.2. The van der Waals surface area contributed by atoms with Crippen molar-refractivity contribution < 1.29 is 8.42 Å². The topological polar surface area (TPSA) is 82.8 Å². The van der Waals surface area contributed by atoms with Crippen LogP contribution in [-0.4, -0.2) is 19.2 Å². The number of hydrogen-bond acceptors (Lipinski definition) is 4. The quantitative estimate of drug-likeness (QED) is 0.800. The Bertz CT molecular complexity index is 476. The molecule has 0 aliphatic rings. The second-order valence-corrected chi connectivity index (χ2v) is 4.81. The lowest BCUT2D eigenvalue weighted by molar-refractivity contribution is 0.583. The van der Waals surface area contributed by atoms with Crippen LogP contribution in [0.15, 0.2) is 18.3 Å². The van der Waals surface area contributed by atoms with Gasteiger partial charge in [0, 0.05) is 6.20 Å². The molecule has 0 aliphatic carbocycles. The van der Waals surface area contributed by atoms with Crippen LogP contribution in [0.1, 0.15) is 11.3 Å². The molecule has 0 saturated heterocycles. The number of sulfonamides is 1. The fourth-order valence-corrected chi connectivity index (χ4v) is 1.65. The number of pyridine rings is 1. The van der Waals surface area contributed by atoms with Crippen LogP contribution in [0, 0.1) is 18.3 Å². The summed E-state index contributed by atoms with van der Waals surface area (Å²) in [5.74, 6) is -0.529. The van der Waals surface area contributed by atoms with Gasteiger partial charge in [0.25, 0.3) is 0 Å². The lowest BCUT2D eigenvalue weighted by atomic mass is 10.2. The second-order valence-electron chi connectivity index (χ2n) is 3.01. The molecule has 1 N–H and O–H groups in total. The SMILES string of the molecule is Cc1cccnc1CNS(=O)(=O)CC#N. The minimum absolute atomic E-state index is 0.122. The van der Waals surface area contributed by atoms with Gasteiger partial charge in [0.05, 0.1) is 18.3 Å². The number of hydrogen-bond donors (Lipinski definition) is 1. The van der Waals surface area contributed by atoms with Crippen molar-refractivity contribution >= 4 is 10.0 Å². The lowest BCUT2D eigenvalue weighted by Crippen LogP contribution is -2.26. The highest BCUT2D eigenvalue weighted by Crippen LogP contribution is 2.02. The number of nitriles is 1. The van der Waals surface area contributed by atoms with Crippen LogP contribution in [0.25, 0.3) is 0 Å². The van der Waals surface area contributed by atoms with Gasteiger partial charge >= 0.3 is 0 Å². The van der Waals surface area contributed by atoms with Gasteiger partial charge in [0.1, 0.15) is 0 Å². The summed E-state index contributed by atoms with van der Waals surface area (Å²) in [6.45, 7) is 1.97. The first-order valence-corrected chi connectivity index (χ1v) is 5.95. The van der Waals surface area contributed by atoms with Crippen LogP contribution in [0.2, 0.25) is 0 Å². The zero-order chi connectivity index (χ0) is 11.3. The zero-order valence-corrected chi connectivity index (χ0v) is 9.08. The van der Waals surface area contributed by atoms with Gasteiger partial charge in [-0.25, -0.2) is 13.1 Å². The molecule has 0 unspecified atom stereocenters. The van der Waals surface area contributed by atoms with Gasteiger partial charge in [-0.15, -0.1) is 0 Å². The predicted octanol–water partition coefficient (Wildman–Crippen LogP) is 0.333. The van der Waals surface area contributed by atoms with Gasteiger partial charge in [0.15, 0.2) is 5.75 Å². The monoisotopic (exact) mass is 225 g/mol. The molecular formula is C9H11N3O2S. The summed E-state index contributed by atoms with van der Waals surface area (Å²) < 4.78 is 24.6. The average molecular weight is 225 g/mol. The van der Waals surface area contributed by atoms with E-state index >= 15 is 0 Å². The predicted molar refractivity (Wildman–Crippen MR) is 55.2 cm³/mol. The van der Waals surface area contributed by atoms with E-state index in [0.29, 0.717) is 5.69 Å². The third-order valence-corrected chi connectivity index (χ3v) is 2.93. The first kappa shape index (κ1) is 11.6. The second kappa shape index (κ2) is 4.87. The molecule has 0 atom stereocenters. The normalized spacial score (nSPS) is 10.9. The Morgan fingerprint density at radius 2 is 2.33 bits per heavy atom. The molecule has 0 spiro atoms. The van der Waals surface area contributed by atoms with Crippen LogP contribution < -0.4 is 4.72 Å². The summed E-state index contributed by atoms with van der Waals surface area (Å²) in [6.07, 6.45) is 1.60. The van der Waals surface area contributed by atoms with E-state index in [1.165, 1.54) is 0 Å². The first-order chi connectivity index (χ1) is 7.05. The summed E-state index contributed by atoms with van der Waals surface area (Å²) in [5.41, 5.74) is 1.58. The third-order valence-electron chi connectivity index (χ3n) is 1.83. The molecule has 6 heteroatoms. The van der Waals surface area contributed by atoms with Crippen molar-refractivity contribution in [3.05, 3.63) is 29.6 Å². The first-order valence-electron chi connectivity index (χ1n) is 4.30. The van der Waals surface area contributed by atoms with Gasteiger partial charge in [-0.2, -0.15) is 5.26 Å². The fourth-order valence-electron chi connectivity index (χ4n) is 1.02. The van der Waals surface area contributed by atoms with Crippen molar-refractivity contribution in [1.29, 1.82) is 5.26 Å². The summed E-state index contributed by atoms with van der Waals surface area (Å²) in [6, 6.07) is 5.22. The molecule has 15 heavy (non-hydrogen) atoms. The molecule has 0 bridgehead atoms. The lowest BCUT2D eigenvalue weighted by Gasteiger charge is -2.05. The molecule has 5 nitrogen and oxygen atoms in total. The summed E-state index contributed by atoms with van der Waals surface area (Å²) in [5, 5.41) is 8.27. The summed E-state index contributed by atoms with van der Waals surface area (Å²) in [4.78, 5) is 4.03. The molecule has 0 aromatic carbocycles. The molecule has 0 aliphatic heterocycles. The number of rotatable bonds is 4. The van der Waals surface area contributed by atoms with Crippen LogP contribution in [0.3, 0.4) is 0 Å². The molecule has 0 amide bonds. The Morgan fingerprint density at radius 3 is 2.93 bits per heavy atom. The van der Waals surface area contributed by atoms with Gasteiger partial charge in [-0.1, -0.05) is 6.07 Å². The molecule has 80 valence electrons. The van der Waals surface area contributed by atoms with E-state index in [0.717, 1.165) is 5.56 Å². The van der Waals surface area contributed by atoms with Gasteiger partial charge in [-0.3, -0.25) is 4.98 Å². The Labute approximate surface area is 88.8 Å². The number of nitrogens with one attached hydrogen (secondary N) is 1. The molecular weight excluding hydrogens is 214 g/mol. The molecule has 1 aromatic rings. The van der Waals surface area contributed by atoms with Crippen LogP contribution in [0.5, 0.6) is 0 Å². The Balaban J connectivity index is 2.67. The van der Waals surface area contributed by atoms with Crippen LogP contribution in [-0.2, 0) is 16.6 Å². The average Bonchev–Trinajstić information content (AvgIpc) is 2.16. The molecule has 1 rings (SSSR count). The van der Waals surface area contributed by atoms with Crippen molar-refractivity contribution in [1.82, 2.24) is 9.71 Å². The van der Waals surface area contributed by atoms with Crippen LogP contribution >= 0.6 is 0 Å². The molecule has 1 heterocycles. The largest absolute Gasteiger partial charge is 0.260 e. The zero-order valence-electron chi connectivity index (χ0n) is 8.27. The smallest absolute Gasteiger partial charge is 0.225 e. The van der Waals surface area contributed by atoms with Crippen LogP contribution in [0.4, 0.5) is 0 Å². The Hall–Kier alpha value is -1.45. The van der Waals surface area contributed by atoms with E-state index < -0.39 is 15.8 Å². The molecule has 0 fully saturated rings. The highest BCUT2D eigenvalue weighted by Gasteiger charge is 2.09. The minimum atomic E-state index is -3.50. The highest BCUT2D eigenvalue weighted by atomic mass is 32.2. The Kier molecular flexibility index (Phi) is 3.77. The summed E-state index contributed by atoms with van der Waals surface area (Å²) in [7, 11) is -3.50. The third kappa shape index (κ3) is 3.65. The van der Waals surface area contributed by atoms with Crippen molar-refractivity contribution in [2.45, 2.75) is 13.5 Å². The van der Waals surface area contributed by atoms with E-state index in [-0.39, 0.29) is 6.54 Å². The Morgan fingerprint density at radius 1 is 1.60 bits per heavy atom. The minimum Gasteiger partial charge on any atom is -0.260 e. The van der Waals surface area contributed by atoms with Gasteiger partial charge in [-0.05, 0) is 18.6 Å². The number of nitrogens with zero attached hydrogens (tertiary/aromatic N) is 2. The molecule has 1 aromatic heterocycles. The van der Waals surface area contributed by atoms with Crippen molar-refractivity contribution in [2.24, 2.45) is 0 Å². The standard InChI is InChI=1S/C9H11N3O2S/c1-8-3-2-5-11-9(8)7-12-15(13,14)6-4-10/h2-3,5,12H,6-7H2,1H3. The van der Waals surface area contributed by atoms with E-state index in [1.807, 2.05) is 13.0 Å². The van der Waals surface area contributed by atoms with E-state index in [4.69, 9.17) is 5.26 Å². The molecule has 0 radical (unpaired) electrons. The van der Waals surface area contributed by atoms with Crippen molar-refractivity contribution in [3.63, 3.8) is 0 Å². The maximum Gasteiger partial charge on any atom is 0.225 e. The van der Waals surface area contributed by atoms with E-state index in [2.05, 4.69) is 9.71 Å². The van der Waals surface area contributed by atoms with Gasteiger partial charge < -0.3 is 0 Å². The number of aryl methyl sites for hydroxylation is 1. The summed E-state index contributed by atoms with van der Waals surface area (Å²) >= 11 is 0. The van der Waals surface area contributed by atoms with Crippen molar-refractivity contribution in [3.8, 4) is 6.07 Å². The molecule has 0 saturated carbocycles.